The Balaban J connectivity index is 1.09. The van der Waals surface area contributed by atoms with E-state index in [9.17, 15) is 0 Å². The normalized spacial score (nSPS) is 13.5. The van der Waals surface area contributed by atoms with Crippen LogP contribution in [0.4, 0.5) is 0 Å². The van der Waals surface area contributed by atoms with E-state index in [2.05, 4.69) is 165 Å². The Morgan fingerprint density at radius 3 is 1.83 bits per heavy atom. The molecular weight excluding hydrogens is 645 g/mol. The van der Waals surface area contributed by atoms with Crippen LogP contribution >= 0.6 is 0 Å². The van der Waals surface area contributed by atoms with Gasteiger partial charge in [-0.15, -0.1) is 0 Å². The third kappa shape index (κ3) is 5.64. The van der Waals surface area contributed by atoms with Gasteiger partial charge in [0.25, 0.3) is 0 Å². The molecule has 3 nitrogen and oxygen atoms in total. The van der Waals surface area contributed by atoms with E-state index >= 15 is 0 Å². The Bertz CT molecular complexity index is 2980. The maximum atomic E-state index is 6.25. The van der Waals surface area contributed by atoms with Crippen molar-refractivity contribution in [3.05, 3.63) is 198 Å². The molecule has 2 heterocycles. The molecule has 0 spiro atoms. The molecule has 0 saturated carbocycles. The predicted molar refractivity (Wildman–Crippen MR) is 223 cm³/mol. The SMILES string of the molecule is CC1=C(c2cccc(-c3cccc4oc5ccccc5c34)c2)N=C(c2ccc(-c3ccc4ccccc4c3)cc2)N=C(c2ccc3ccccc3c2)C1. The smallest absolute Gasteiger partial charge is 0.160 e. The molecule has 0 radical (unpaired) electrons. The first kappa shape index (κ1) is 30.9. The monoisotopic (exact) mass is 678 g/mol. The van der Waals surface area contributed by atoms with Gasteiger partial charge in [0.15, 0.2) is 5.84 Å². The number of hydrogen-bond donors (Lipinski definition) is 0. The maximum absolute atomic E-state index is 6.25. The molecule has 3 heteroatoms. The Morgan fingerprint density at radius 1 is 0.434 bits per heavy atom. The van der Waals surface area contributed by atoms with Gasteiger partial charge < -0.3 is 4.42 Å². The van der Waals surface area contributed by atoms with Crippen molar-refractivity contribution in [3.63, 3.8) is 0 Å². The van der Waals surface area contributed by atoms with Crippen molar-refractivity contribution in [2.75, 3.05) is 0 Å². The average molecular weight is 679 g/mol. The fourth-order valence-electron chi connectivity index (χ4n) is 7.73. The van der Waals surface area contributed by atoms with Crippen molar-refractivity contribution in [2.45, 2.75) is 13.3 Å². The molecule has 10 rings (SSSR count). The van der Waals surface area contributed by atoms with E-state index in [4.69, 9.17) is 14.4 Å². The Kier molecular flexibility index (Phi) is 7.43. The van der Waals surface area contributed by atoms with Crippen LogP contribution < -0.4 is 0 Å². The van der Waals surface area contributed by atoms with Crippen LogP contribution in [-0.4, -0.2) is 11.5 Å². The lowest BCUT2D eigenvalue weighted by molar-refractivity contribution is 0.669. The Morgan fingerprint density at radius 2 is 1.04 bits per heavy atom. The summed E-state index contributed by atoms with van der Waals surface area (Å²) < 4.78 is 6.25. The van der Waals surface area contributed by atoms with Crippen LogP contribution in [-0.2, 0) is 0 Å². The van der Waals surface area contributed by atoms with Gasteiger partial charge >= 0.3 is 0 Å². The summed E-state index contributed by atoms with van der Waals surface area (Å²) in [6.45, 7) is 2.19. The third-order valence-corrected chi connectivity index (χ3v) is 10.5. The van der Waals surface area contributed by atoms with Crippen LogP contribution in [0.2, 0.25) is 0 Å². The van der Waals surface area contributed by atoms with Gasteiger partial charge in [0.2, 0.25) is 0 Å². The molecule has 0 unspecified atom stereocenters. The van der Waals surface area contributed by atoms with E-state index in [-0.39, 0.29) is 0 Å². The highest BCUT2D eigenvalue weighted by Crippen LogP contribution is 2.38. The minimum atomic E-state index is 0.683. The molecule has 0 amide bonds. The molecule has 1 aliphatic heterocycles. The zero-order chi connectivity index (χ0) is 35.3. The third-order valence-electron chi connectivity index (χ3n) is 10.5. The van der Waals surface area contributed by atoms with E-state index in [0.717, 1.165) is 66.7 Å². The van der Waals surface area contributed by atoms with Crippen molar-refractivity contribution in [1.29, 1.82) is 0 Å². The van der Waals surface area contributed by atoms with E-state index in [1.807, 2.05) is 18.2 Å². The lowest BCUT2D eigenvalue weighted by Gasteiger charge is -2.11. The number of amidine groups is 1. The number of aliphatic imine (C=N–C) groups is 2. The molecule has 0 saturated heterocycles. The predicted octanol–water partition coefficient (Wildman–Crippen LogP) is 13.3. The summed E-state index contributed by atoms with van der Waals surface area (Å²) in [7, 11) is 0. The first-order valence-electron chi connectivity index (χ1n) is 18.1. The van der Waals surface area contributed by atoms with Gasteiger partial charge in [0, 0.05) is 28.3 Å². The minimum Gasteiger partial charge on any atom is -0.456 e. The number of allylic oxidation sites excluding steroid dienone is 1. The van der Waals surface area contributed by atoms with Gasteiger partial charge in [-0.2, -0.15) is 0 Å². The van der Waals surface area contributed by atoms with Crippen LogP contribution in [0.25, 0.3) is 71.4 Å². The number of nitrogens with zero attached hydrogens (tertiary/aromatic N) is 2. The number of rotatable bonds is 5. The van der Waals surface area contributed by atoms with Crippen molar-refractivity contribution in [1.82, 2.24) is 0 Å². The molecule has 53 heavy (non-hydrogen) atoms. The molecule has 0 fully saturated rings. The topological polar surface area (TPSA) is 37.9 Å². The van der Waals surface area contributed by atoms with Crippen molar-refractivity contribution < 1.29 is 4.42 Å². The summed E-state index contributed by atoms with van der Waals surface area (Å²) in [6, 6.07) is 62.3. The molecule has 0 bridgehead atoms. The summed E-state index contributed by atoms with van der Waals surface area (Å²) in [5.74, 6) is 0.707. The fraction of sp³-hybridized carbons (Fsp3) is 0.0400. The first-order valence-corrected chi connectivity index (χ1v) is 18.1. The highest BCUT2D eigenvalue weighted by Gasteiger charge is 2.19. The van der Waals surface area contributed by atoms with Crippen LogP contribution in [0.3, 0.4) is 0 Å². The number of para-hydroxylation sites is 1. The summed E-state index contributed by atoms with van der Waals surface area (Å²) in [6.07, 6.45) is 0.683. The summed E-state index contributed by atoms with van der Waals surface area (Å²) in [5, 5.41) is 7.14. The molecule has 1 aliphatic rings. The molecular formula is C50H34N2O. The minimum absolute atomic E-state index is 0.683. The van der Waals surface area contributed by atoms with E-state index in [1.165, 1.54) is 32.7 Å². The van der Waals surface area contributed by atoms with Crippen molar-refractivity contribution >= 4 is 60.7 Å². The van der Waals surface area contributed by atoms with Gasteiger partial charge in [0.1, 0.15) is 11.2 Å². The molecule has 9 aromatic rings. The van der Waals surface area contributed by atoms with Gasteiger partial charge in [-0.1, -0.05) is 146 Å². The van der Waals surface area contributed by atoms with Crippen LogP contribution in [0.1, 0.15) is 30.0 Å². The van der Waals surface area contributed by atoms with Gasteiger partial charge in [0.05, 0.1) is 11.4 Å². The zero-order valence-corrected chi connectivity index (χ0v) is 29.3. The molecule has 0 atom stereocenters. The van der Waals surface area contributed by atoms with Crippen LogP contribution in [0.5, 0.6) is 0 Å². The standard InChI is InChI=1S/C50H34N2O/c1-32-28-45(41-27-23-34-11-3-5-13-38(34)30-41)51-50(36-24-20-35(21-25-36)39-26-22-33-10-2-4-12-37(33)29-39)52-49(32)42-15-8-14-40(31-42)43-17-9-19-47-48(43)44-16-6-7-18-46(44)53-47/h2-27,29-31H,28H2,1H3. The number of fused-ring (bicyclic) bond motifs is 5. The number of benzene rings is 8. The van der Waals surface area contributed by atoms with Crippen LogP contribution in [0.15, 0.2) is 196 Å². The first-order chi connectivity index (χ1) is 26.1. The maximum Gasteiger partial charge on any atom is 0.160 e. The van der Waals surface area contributed by atoms with E-state index in [0.29, 0.717) is 12.3 Å². The molecule has 0 aliphatic carbocycles. The second-order valence-corrected chi connectivity index (χ2v) is 13.9. The summed E-state index contributed by atoms with van der Waals surface area (Å²) in [5.41, 5.74) is 12.7. The largest absolute Gasteiger partial charge is 0.456 e. The van der Waals surface area contributed by atoms with Gasteiger partial charge in [-0.05, 0) is 92.2 Å². The number of hydrogen-bond acceptors (Lipinski definition) is 3. The number of furan rings is 1. The molecule has 0 N–H and O–H groups in total. The molecule has 250 valence electrons. The highest BCUT2D eigenvalue weighted by molar-refractivity contribution is 6.17. The van der Waals surface area contributed by atoms with Crippen LogP contribution in [0, 0.1) is 0 Å². The van der Waals surface area contributed by atoms with E-state index in [1.54, 1.807) is 0 Å². The second kappa shape index (κ2) is 12.7. The van der Waals surface area contributed by atoms with Crippen molar-refractivity contribution in [3.8, 4) is 22.3 Å². The van der Waals surface area contributed by atoms with Gasteiger partial charge in [-0.25, -0.2) is 9.98 Å². The fourth-order valence-corrected chi connectivity index (χ4v) is 7.73. The average Bonchev–Trinajstić information content (AvgIpc) is 3.51. The lowest BCUT2D eigenvalue weighted by atomic mass is 9.95. The van der Waals surface area contributed by atoms with Gasteiger partial charge in [-0.3, -0.25) is 0 Å². The zero-order valence-electron chi connectivity index (χ0n) is 29.3. The second-order valence-electron chi connectivity index (χ2n) is 13.9. The summed E-state index contributed by atoms with van der Waals surface area (Å²) >= 11 is 0. The highest BCUT2D eigenvalue weighted by atomic mass is 16.3. The summed E-state index contributed by atoms with van der Waals surface area (Å²) in [4.78, 5) is 10.8. The van der Waals surface area contributed by atoms with Crippen molar-refractivity contribution in [2.24, 2.45) is 9.98 Å². The molecule has 8 aromatic carbocycles. The van der Waals surface area contributed by atoms with E-state index < -0.39 is 0 Å². The quantitative estimate of drug-likeness (QED) is 0.179. The Hall–Kier alpha value is -6.84. The Labute approximate surface area is 307 Å². The molecule has 1 aromatic heterocycles. The lowest BCUT2D eigenvalue weighted by Crippen LogP contribution is -2.06.